The summed E-state index contributed by atoms with van der Waals surface area (Å²) in [5.74, 6) is 0.831. The zero-order valence-corrected chi connectivity index (χ0v) is 19.9. The van der Waals surface area contributed by atoms with Gasteiger partial charge in [-0.05, 0) is 25.1 Å². The van der Waals surface area contributed by atoms with Crippen LogP contribution < -0.4 is 4.90 Å². The molecule has 9 nitrogen and oxygen atoms in total. The maximum atomic E-state index is 13.3. The smallest absolute Gasteiger partial charge is 0.270 e. The van der Waals surface area contributed by atoms with Gasteiger partial charge in [-0.25, -0.2) is 4.98 Å². The lowest BCUT2D eigenvalue weighted by Crippen LogP contribution is -2.49. The molecule has 0 atom stereocenters. The molecular formula is C24H21BrN6O3. The number of aromatic amines is 1. The number of hydrogen-bond acceptors (Lipinski definition) is 7. The van der Waals surface area contributed by atoms with Crippen molar-refractivity contribution in [3.05, 3.63) is 82.2 Å². The maximum Gasteiger partial charge on any atom is 0.270 e. The predicted octanol–water partition coefficient (Wildman–Crippen LogP) is 3.72. The van der Waals surface area contributed by atoms with Crippen molar-refractivity contribution in [3.63, 3.8) is 0 Å². The topological polar surface area (TPSA) is 108 Å². The van der Waals surface area contributed by atoms with Crippen LogP contribution in [0.25, 0.3) is 11.3 Å². The number of rotatable bonds is 5. The first-order valence-corrected chi connectivity index (χ1v) is 11.6. The Morgan fingerprint density at radius 1 is 1.09 bits per heavy atom. The summed E-state index contributed by atoms with van der Waals surface area (Å²) in [5.41, 5.74) is 2.39. The summed E-state index contributed by atoms with van der Waals surface area (Å²) in [6.45, 7) is 4.13. The fourth-order valence-corrected chi connectivity index (χ4v) is 4.27. The maximum absolute atomic E-state index is 13.3. The third kappa shape index (κ3) is 4.24. The lowest BCUT2D eigenvalue weighted by atomic mass is 9.99. The molecule has 5 rings (SSSR count). The monoisotopic (exact) mass is 520 g/mol. The van der Waals surface area contributed by atoms with Gasteiger partial charge in [0.05, 0.1) is 11.8 Å². The van der Waals surface area contributed by atoms with Crippen LogP contribution in [0.3, 0.4) is 0 Å². The minimum absolute atomic E-state index is 0.145. The summed E-state index contributed by atoms with van der Waals surface area (Å²) in [7, 11) is 0. The molecule has 0 spiro atoms. The van der Waals surface area contributed by atoms with Crippen LogP contribution in [-0.2, 0) is 0 Å². The number of carbonyl (C=O) groups excluding carboxylic acids is 2. The fraction of sp³-hybridized carbons (Fsp3) is 0.208. The zero-order valence-electron chi connectivity index (χ0n) is 18.4. The quantitative estimate of drug-likeness (QED) is 0.399. The van der Waals surface area contributed by atoms with Crippen molar-refractivity contribution < 1.29 is 14.1 Å². The highest BCUT2D eigenvalue weighted by atomic mass is 79.9. The normalized spacial score (nSPS) is 13.8. The van der Waals surface area contributed by atoms with Crippen LogP contribution in [-0.4, -0.2) is 62.9 Å². The average molecular weight is 521 g/mol. The lowest BCUT2D eigenvalue weighted by molar-refractivity contribution is 0.0741. The van der Waals surface area contributed by atoms with Gasteiger partial charge in [0.15, 0.2) is 5.78 Å². The largest absolute Gasteiger partial charge is 0.360 e. The van der Waals surface area contributed by atoms with E-state index in [9.17, 15) is 9.59 Å². The van der Waals surface area contributed by atoms with E-state index in [1.807, 2.05) is 24.3 Å². The Morgan fingerprint density at radius 3 is 2.56 bits per heavy atom. The molecule has 1 amide bonds. The number of hydrogen-bond donors (Lipinski definition) is 1. The SMILES string of the molecule is Cc1onc(-c2ccc(Br)cc2)c1C(=O)c1c[nH]c(C(=O)N2CCN(c3cnccn3)CC2)c1. The Labute approximate surface area is 203 Å². The highest BCUT2D eigenvalue weighted by molar-refractivity contribution is 9.10. The summed E-state index contributed by atoms with van der Waals surface area (Å²) < 4.78 is 6.26. The summed E-state index contributed by atoms with van der Waals surface area (Å²) in [4.78, 5) is 41.6. The molecule has 1 saturated heterocycles. The van der Waals surface area contributed by atoms with Gasteiger partial charge in [0.2, 0.25) is 0 Å². The van der Waals surface area contributed by atoms with E-state index in [0.717, 1.165) is 15.9 Å². The molecular weight excluding hydrogens is 500 g/mol. The molecule has 10 heteroatoms. The van der Waals surface area contributed by atoms with E-state index >= 15 is 0 Å². The molecule has 172 valence electrons. The lowest BCUT2D eigenvalue weighted by Gasteiger charge is -2.35. The summed E-state index contributed by atoms with van der Waals surface area (Å²) >= 11 is 3.41. The first kappa shape index (κ1) is 22.0. The number of amides is 1. The van der Waals surface area contributed by atoms with Crippen LogP contribution in [0.15, 0.2) is 64.1 Å². The number of nitrogens with zero attached hydrogens (tertiary/aromatic N) is 5. The second-order valence-corrected chi connectivity index (χ2v) is 8.86. The molecule has 1 aromatic carbocycles. The van der Waals surface area contributed by atoms with E-state index in [1.54, 1.807) is 42.7 Å². The van der Waals surface area contributed by atoms with E-state index in [4.69, 9.17) is 4.52 Å². The van der Waals surface area contributed by atoms with Gasteiger partial charge in [-0.15, -0.1) is 0 Å². The van der Waals surface area contributed by atoms with E-state index < -0.39 is 0 Å². The van der Waals surface area contributed by atoms with Crippen LogP contribution in [0, 0.1) is 6.92 Å². The Bertz CT molecular complexity index is 1320. The van der Waals surface area contributed by atoms with E-state index in [0.29, 0.717) is 54.5 Å². The zero-order chi connectivity index (χ0) is 23.7. The van der Waals surface area contributed by atoms with Crippen molar-refractivity contribution in [2.75, 3.05) is 31.1 Å². The number of halogens is 1. The molecule has 1 N–H and O–H groups in total. The summed E-state index contributed by atoms with van der Waals surface area (Å²) in [6.07, 6.45) is 6.57. The number of aromatic nitrogens is 4. The number of benzene rings is 1. The van der Waals surface area contributed by atoms with E-state index in [-0.39, 0.29) is 11.7 Å². The van der Waals surface area contributed by atoms with Gasteiger partial charge in [0.1, 0.15) is 23.0 Å². The first-order chi connectivity index (χ1) is 16.5. The number of anilines is 1. The minimum Gasteiger partial charge on any atom is -0.360 e. The van der Waals surface area contributed by atoms with Crippen molar-refractivity contribution >= 4 is 33.4 Å². The average Bonchev–Trinajstić information content (AvgIpc) is 3.52. The Morgan fingerprint density at radius 2 is 1.85 bits per heavy atom. The van der Waals surface area contributed by atoms with Crippen LogP contribution in [0.5, 0.6) is 0 Å². The molecule has 4 aromatic rings. The summed E-state index contributed by atoms with van der Waals surface area (Å²) in [6, 6.07) is 9.09. The highest BCUT2D eigenvalue weighted by Crippen LogP contribution is 2.29. The van der Waals surface area contributed by atoms with Crippen LogP contribution in [0.4, 0.5) is 5.82 Å². The van der Waals surface area contributed by atoms with Gasteiger partial charge in [0, 0.05) is 60.4 Å². The minimum atomic E-state index is -0.251. The van der Waals surface area contributed by atoms with Crippen molar-refractivity contribution in [3.8, 4) is 11.3 Å². The molecule has 0 unspecified atom stereocenters. The van der Waals surface area contributed by atoms with Crippen molar-refractivity contribution in [2.45, 2.75) is 6.92 Å². The van der Waals surface area contributed by atoms with Gasteiger partial charge >= 0.3 is 0 Å². The molecule has 1 fully saturated rings. The molecule has 0 saturated carbocycles. The van der Waals surface area contributed by atoms with Gasteiger partial charge in [-0.2, -0.15) is 0 Å². The molecule has 3 aromatic heterocycles. The Balaban J connectivity index is 1.31. The van der Waals surface area contributed by atoms with Gasteiger partial charge in [-0.3, -0.25) is 14.6 Å². The number of carbonyl (C=O) groups is 2. The number of nitrogens with one attached hydrogen (secondary N) is 1. The first-order valence-electron chi connectivity index (χ1n) is 10.8. The van der Waals surface area contributed by atoms with Gasteiger partial charge in [-0.1, -0.05) is 33.2 Å². The van der Waals surface area contributed by atoms with Crippen molar-refractivity contribution in [2.24, 2.45) is 0 Å². The predicted molar refractivity (Wildman–Crippen MR) is 129 cm³/mol. The van der Waals surface area contributed by atoms with E-state index in [2.05, 4.69) is 40.9 Å². The molecule has 0 radical (unpaired) electrons. The van der Waals surface area contributed by atoms with Crippen LogP contribution >= 0.6 is 15.9 Å². The van der Waals surface area contributed by atoms with Crippen molar-refractivity contribution in [1.82, 2.24) is 25.0 Å². The second-order valence-electron chi connectivity index (χ2n) is 7.94. The third-order valence-corrected chi connectivity index (χ3v) is 6.35. The Kier molecular flexibility index (Phi) is 5.97. The third-order valence-electron chi connectivity index (χ3n) is 5.82. The molecule has 4 heterocycles. The van der Waals surface area contributed by atoms with E-state index in [1.165, 1.54) is 0 Å². The van der Waals surface area contributed by atoms with Gasteiger partial charge < -0.3 is 19.3 Å². The molecule has 0 bridgehead atoms. The fourth-order valence-electron chi connectivity index (χ4n) is 4.00. The molecule has 1 aliphatic heterocycles. The molecule has 34 heavy (non-hydrogen) atoms. The summed E-state index contributed by atoms with van der Waals surface area (Å²) in [5, 5.41) is 4.10. The number of aryl methyl sites for hydroxylation is 1. The molecule has 1 aliphatic rings. The standard InChI is InChI=1S/C24H21BrN6O3/c1-15-21(22(29-34-15)16-2-4-18(25)5-3-16)23(32)17-12-19(28-13-17)24(33)31-10-8-30(9-11-31)20-14-26-6-7-27-20/h2-7,12-14,28H,8-11H2,1H3. The number of ketones is 1. The molecule has 0 aliphatic carbocycles. The van der Waals surface area contributed by atoms with Crippen LogP contribution in [0.1, 0.15) is 32.2 Å². The number of piperazine rings is 1. The second kappa shape index (κ2) is 9.22. The Hall–Kier alpha value is -3.79. The van der Waals surface area contributed by atoms with Crippen molar-refractivity contribution in [1.29, 1.82) is 0 Å². The van der Waals surface area contributed by atoms with Gasteiger partial charge in [0.25, 0.3) is 5.91 Å². The highest BCUT2D eigenvalue weighted by Gasteiger charge is 2.27. The van der Waals surface area contributed by atoms with Crippen LogP contribution in [0.2, 0.25) is 0 Å². The number of H-pyrrole nitrogens is 1.